The lowest BCUT2D eigenvalue weighted by Crippen LogP contribution is -2.29. The molecule has 0 atom stereocenters. The predicted octanol–water partition coefficient (Wildman–Crippen LogP) is 3.04. The van der Waals surface area contributed by atoms with Gasteiger partial charge in [0, 0.05) is 23.4 Å². The molecule has 0 saturated heterocycles. The Morgan fingerprint density at radius 2 is 1.43 bits per heavy atom. The molecule has 3 aromatic rings. The third-order valence-electron chi connectivity index (χ3n) is 5.13. The molecule has 3 N–H and O–H groups in total. The van der Waals surface area contributed by atoms with Gasteiger partial charge < -0.3 is 15.5 Å². The number of amides is 3. The summed E-state index contributed by atoms with van der Waals surface area (Å²) in [7, 11) is 0. The van der Waals surface area contributed by atoms with E-state index in [0.717, 1.165) is 35.2 Å². The molecule has 12 heteroatoms. The Balaban J connectivity index is 1.64. The number of carboxylic acids is 2. The normalized spacial score (nSPS) is 12.3. The van der Waals surface area contributed by atoms with Crippen LogP contribution in [0.15, 0.2) is 60.7 Å². The number of nitro benzene ring substituents is 1. The number of nitrogens with zero attached hydrogens (tertiary/aromatic N) is 2. The van der Waals surface area contributed by atoms with Crippen LogP contribution < -0.4 is 10.2 Å². The molecule has 174 valence electrons. The van der Waals surface area contributed by atoms with Crippen LogP contribution >= 0.6 is 0 Å². The van der Waals surface area contributed by atoms with Crippen molar-refractivity contribution in [3.05, 3.63) is 98.6 Å². The smallest absolute Gasteiger partial charge is 0.335 e. The number of imide groups is 1. The number of benzene rings is 3. The maximum atomic E-state index is 12.8. The molecule has 0 spiro atoms. The summed E-state index contributed by atoms with van der Waals surface area (Å²) in [5, 5.41) is 31.8. The Morgan fingerprint density at radius 3 is 2.03 bits per heavy atom. The fourth-order valence-corrected chi connectivity index (χ4v) is 3.51. The molecule has 35 heavy (non-hydrogen) atoms. The first kappa shape index (κ1) is 22.8. The van der Waals surface area contributed by atoms with E-state index < -0.39 is 34.6 Å². The number of carboxylic acid groups (broad SMARTS) is 2. The minimum absolute atomic E-state index is 0.0250. The number of nitrogens with one attached hydrogen (secondary N) is 1. The number of carbonyl (C=O) groups excluding carboxylic acids is 3. The number of aromatic carboxylic acids is 2. The molecule has 0 aliphatic carbocycles. The van der Waals surface area contributed by atoms with E-state index in [2.05, 4.69) is 5.32 Å². The number of fused-ring (bicyclic) bond motifs is 1. The summed E-state index contributed by atoms with van der Waals surface area (Å²) in [5.74, 6) is -5.07. The van der Waals surface area contributed by atoms with Gasteiger partial charge in [-0.2, -0.15) is 0 Å². The molecule has 0 fully saturated rings. The topological polar surface area (TPSA) is 184 Å². The summed E-state index contributed by atoms with van der Waals surface area (Å²) in [4.78, 5) is 72.0. The fourth-order valence-electron chi connectivity index (χ4n) is 3.51. The summed E-state index contributed by atoms with van der Waals surface area (Å²) < 4.78 is 0. The van der Waals surface area contributed by atoms with Crippen molar-refractivity contribution in [3.63, 3.8) is 0 Å². The van der Waals surface area contributed by atoms with Crippen LogP contribution in [-0.2, 0) is 0 Å². The van der Waals surface area contributed by atoms with E-state index in [9.17, 15) is 44.3 Å². The molecule has 1 heterocycles. The maximum Gasteiger partial charge on any atom is 0.335 e. The molecule has 4 rings (SSSR count). The monoisotopic (exact) mass is 475 g/mol. The standard InChI is InChI=1S/C23H13N3O9/c27-19(24-14-7-12(22(30)31)6-13(8-14)23(32)33)11-2-1-3-15(9-11)25-20(28)17-5-4-16(26(34)35)10-18(17)21(25)29/h1-10H,(H,24,27)(H,30,31)(H,32,33). The van der Waals surface area contributed by atoms with Gasteiger partial charge in [0.05, 0.1) is 32.9 Å². The minimum Gasteiger partial charge on any atom is -0.478 e. The van der Waals surface area contributed by atoms with Crippen molar-refractivity contribution in [1.82, 2.24) is 0 Å². The van der Waals surface area contributed by atoms with Gasteiger partial charge in [-0.25, -0.2) is 14.5 Å². The van der Waals surface area contributed by atoms with Crippen LogP contribution in [0.2, 0.25) is 0 Å². The van der Waals surface area contributed by atoms with E-state index in [0.29, 0.717) is 0 Å². The molecule has 3 aromatic carbocycles. The van der Waals surface area contributed by atoms with E-state index in [4.69, 9.17) is 0 Å². The van der Waals surface area contributed by atoms with Gasteiger partial charge in [-0.15, -0.1) is 0 Å². The van der Waals surface area contributed by atoms with Crippen LogP contribution in [0.5, 0.6) is 0 Å². The van der Waals surface area contributed by atoms with Gasteiger partial charge >= 0.3 is 11.9 Å². The average molecular weight is 475 g/mol. The third-order valence-corrected chi connectivity index (χ3v) is 5.13. The van der Waals surface area contributed by atoms with Crippen molar-refractivity contribution in [3.8, 4) is 0 Å². The second-order valence-corrected chi connectivity index (χ2v) is 7.35. The first-order chi connectivity index (χ1) is 16.6. The molecule has 3 amide bonds. The molecule has 1 aliphatic rings. The zero-order valence-corrected chi connectivity index (χ0v) is 17.4. The highest BCUT2D eigenvalue weighted by Crippen LogP contribution is 2.31. The molecule has 0 bridgehead atoms. The molecule has 0 saturated carbocycles. The second kappa shape index (κ2) is 8.51. The third kappa shape index (κ3) is 4.18. The summed E-state index contributed by atoms with van der Waals surface area (Å²) in [6.07, 6.45) is 0. The lowest BCUT2D eigenvalue weighted by molar-refractivity contribution is -0.384. The fraction of sp³-hybridized carbons (Fsp3) is 0. The van der Waals surface area contributed by atoms with Crippen molar-refractivity contribution in [2.75, 3.05) is 10.2 Å². The number of non-ortho nitro benzene ring substituents is 1. The Kier molecular flexibility index (Phi) is 5.54. The van der Waals surface area contributed by atoms with Gasteiger partial charge in [-0.1, -0.05) is 6.07 Å². The van der Waals surface area contributed by atoms with E-state index >= 15 is 0 Å². The number of anilines is 2. The lowest BCUT2D eigenvalue weighted by Gasteiger charge is -2.15. The first-order valence-corrected chi connectivity index (χ1v) is 9.77. The van der Waals surface area contributed by atoms with Crippen LogP contribution in [0, 0.1) is 10.1 Å². The van der Waals surface area contributed by atoms with Gasteiger partial charge in [-0.05, 0) is 42.5 Å². The maximum absolute atomic E-state index is 12.8. The van der Waals surface area contributed by atoms with Crippen molar-refractivity contribution in [2.24, 2.45) is 0 Å². The largest absolute Gasteiger partial charge is 0.478 e. The van der Waals surface area contributed by atoms with Crippen LogP contribution in [-0.4, -0.2) is 44.8 Å². The highest BCUT2D eigenvalue weighted by atomic mass is 16.6. The lowest BCUT2D eigenvalue weighted by atomic mass is 10.1. The van der Waals surface area contributed by atoms with Crippen LogP contribution in [0.1, 0.15) is 51.8 Å². The van der Waals surface area contributed by atoms with Crippen LogP contribution in [0.25, 0.3) is 0 Å². The zero-order valence-electron chi connectivity index (χ0n) is 17.4. The van der Waals surface area contributed by atoms with Crippen LogP contribution in [0.4, 0.5) is 17.1 Å². The summed E-state index contributed by atoms with van der Waals surface area (Å²) >= 11 is 0. The number of hydrogen-bond donors (Lipinski definition) is 3. The Hall–Kier alpha value is -5.39. The molecule has 0 aromatic heterocycles. The predicted molar refractivity (Wildman–Crippen MR) is 119 cm³/mol. The minimum atomic E-state index is -1.39. The highest BCUT2D eigenvalue weighted by molar-refractivity contribution is 6.34. The zero-order chi connectivity index (χ0) is 25.4. The molecule has 1 aliphatic heterocycles. The van der Waals surface area contributed by atoms with Crippen LogP contribution in [0.3, 0.4) is 0 Å². The Morgan fingerprint density at radius 1 is 0.800 bits per heavy atom. The average Bonchev–Trinajstić information content (AvgIpc) is 3.08. The van der Waals surface area contributed by atoms with E-state index in [1.807, 2.05) is 0 Å². The van der Waals surface area contributed by atoms with Gasteiger partial charge in [0.15, 0.2) is 0 Å². The van der Waals surface area contributed by atoms with Crippen molar-refractivity contribution in [1.29, 1.82) is 0 Å². The van der Waals surface area contributed by atoms with Crippen molar-refractivity contribution < 1.29 is 39.1 Å². The first-order valence-electron chi connectivity index (χ1n) is 9.77. The molecular formula is C23H13N3O9. The number of carbonyl (C=O) groups is 5. The van der Waals surface area contributed by atoms with E-state index in [-0.39, 0.29) is 44.9 Å². The van der Waals surface area contributed by atoms with Gasteiger partial charge in [0.25, 0.3) is 23.4 Å². The molecule has 0 radical (unpaired) electrons. The van der Waals surface area contributed by atoms with E-state index in [1.165, 1.54) is 30.3 Å². The summed E-state index contributed by atoms with van der Waals surface area (Å²) in [5.41, 5.74) is -1.33. The van der Waals surface area contributed by atoms with Gasteiger partial charge in [0.1, 0.15) is 0 Å². The molecular weight excluding hydrogens is 462 g/mol. The number of hydrogen-bond acceptors (Lipinski definition) is 7. The van der Waals surface area contributed by atoms with Crippen molar-refractivity contribution in [2.45, 2.75) is 0 Å². The highest BCUT2D eigenvalue weighted by Gasteiger charge is 2.38. The summed E-state index contributed by atoms with van der Waals surface area (Å²) in [6, 6.07) is 11.8. The Labute approximate surface area is 195 Å². The second-order valence-electron chi connectivity index (χ2n) is 7.35. The number of rotatable bonds is 6. The van der Waals surface area contributed by atoms with Gasteiger partial charge in [-0.3, -0.25) is 24.5 Å². The summed E-state index contributed by atoms with van der Waals surface area (Å²) in [6.45, 7) is 0. The number of nitro groups is 1. The van der Waals surface area contributed by atoms with Crippen molar-refractivity contribution >= 4 is 46.7 Å². The molecule has 12 nitrogen and oxygen atoms in total. The quantitative estimate of drug-likeness (QED) is 0.274. The van der Waals surface area contributed by atoms with Gasteiger partial charge in [0.2, 0.25) is 0 Å². The van der Waals surface area contributed by atoms with E-state index in [1.54, 1.807) is 0 Å². The molecule has 0 unspecified atom stereocenters. The Bertz CT molecular complexity index is 1450. The SMILES string of the molecule is O=C(O)c1cc(NC(=O)c2cccc(N3C(=O)c4ccc([N+](=O)[O-])cc4C3=O)c2)cc(C(=O)O)c1.